The highest BCUT2D eigenvalue weighted by Crippen LogP contribution is 2.40. The van der Waals surface area contributed by atoms with Crippen molar-refractivity contribution in [3.63, 3.8) is 0 Å². The Morgan fingerprint density at radius 1 is 1.00 bits per heavy atom. The van der Waals surface area contributed by atoms with Crippen molar-refractivity contribution in [2.24, 2.45) is 0 Å². The highest BCUT2D eigenvalue weighted by molar-refractivity contribution is 6.32. The van der Waals surface area contributed by atoms with Crippen LogP contribution in [0.1, 0.15) is 11.1 Å². The fourth-order valence-electron chi connectivity index (χ4n) is 3.44. The highest BCUT2D eigenvalue weighted by atomic mass is 35.5. The molecule has 1 fully saturated rings. The molecule has 2 aromatic carbocycles. The van der Waals surface area contributed by atoms with Gasteiger partial charge in [0.15, 0.2) is 11.5 Å². The molecule has 5 nitrogen and oxygen atoms in total. The van der Waals surface area contributed by atoms with Crippen molar-refractivity contribution in [2.75, 3.05) is 33.0 Å². The Kier molecular flexibility index (Phi) is 5.43. The lowest BCUT2D eigenvalue weighted by Crippen LogP contribution is -2.48. The Labute approximate surface area is 168 Å². The van der Waals surface area contributed by atoms with E-state index in [1.807, 2.05) is 41.3 Å². The third-order valence-electron chi connectivity index (χ3n) is 4.92. The lowest BCUT2D eigenvalue weighted by molar-refractivity contribution is -0.132. The zero-order valence-corrected chi connectivity index (χ0v) is 16.3. The van der Waals surface area contributed by atoms with Crippen LogP contribution in [0.3, 0.4) is 0 Å². The Bertz CT molecular complexity index is 851. The lowest BCUT2D eigenvalue weighted by Gasteiger charge is -2.35. The zero-order valence-electron chi connectivity index (χ0n) is 14.8. The number of benzene rings is 2. The van der Waals surface area contributed by atoms with E-state index in [4.69, 9.17) is 32.7 Å². The molecule has 2 aliphatic rings. The Morgan fingerprint density at radius 3 is 2.56 bits per heavy atom. The van der Waals surface area contributed by atoms with Gasteiger partial charge in [-0.25, -0.2) is 0 Å². The van der Waals surface area contributed by atoms with Crippen molar-refractivity contribution < 1.29 is 14.3 Å². The van der Waals surface area contributed by atoms with Gasteiger partial charge in [0.1, 0.15) is 0 Å². The molecule has 142 valence electrons. The molecule has 2 aromatic rings. The number of rotatable bonds is 4. The Balaban J connectivity index is 1.32. The standard InChI is InChI=1S/C20H20Cl2N2O3/c21-16-4-2-1-3-15(16)11-19(25)24-7-5-23(6-8-24)12-14-9-17(22)20-18(10-14)26-13-27-20/h1-4,9-10H,5-8,11-13H2. The normalized spacial score (nSPS) is 16.6. The van der Waals surface area contributed by atoms with Crippen LogP contribution >= 0.6 is 23.2 Å². The summed E-state index contributed by atoms with van der Waals surface area (Å²) in [5, 5.41) is 1.22. The maximum absolute atomic E-state index is 12.6. The predicted molar refractivity (Wildman–Crippen MR) is 105 cm³/mol. The van der Waals surface area contributed by atoms with Crippen molar-refractivity contribution in [1.82, 2.24) is 9.80 Å². The summed E-state index contributed by atoms with van der Waals surface area (Å²) in [7, 11) is 0. The van der Waals surface area contributed by atoms with Crippen LogP contribution in [0.25, 0.3) is 0 Å². The number of carbonyl (C=O) groups excluding carboxylic acids is 1. The summed E-state index contributed by atoms with van der Waals surface area (Å²) in [6.45, 7) is 4.04. The minimum absolute atomic E-state index is 0.119. The van der Waals surface area contributed by atoms with E-state index in [-0.39, 0.29) is 12.7 Å². The molecule has 27 heavy (non-hydrogen) atoms. The van der Waals surface area contributed by atoms with Crippen LogP contribution in [0.4, 0.5) is 0 Å². The number of halogens is 2. The van der Waals surface area contributed by atoms with Gasteiger partial charge in [-0.2, -0.15) is 0 Å². The van der Waals surface area contributed by atoms with Gasteiger partial charge >= 0.3 is 0 Å². The monoisotopic (exact) mass is 406 g/mol. The zero-order chi connectivity index (χ0) is 18.8. The molecule has 0 aromatic heterocycles. The van der Waals surface area contributed by atoms with Gasteiger partial charge in [0.25, 0.3) is 0 Å². The molecule has 2 heterocycles. The molecule has 2 aliphatic heterocycles. The molecule has 0 atom stereocenters. The largest absolute Gasteiger partial charge is 0.454 e. The van der Waals surface area contributed by atoms with Gasteiger partial charge in [0.05, 0.1) is 11.4 Å². The highest BCUT2D eigenvalue weighted by Gasteiger charge is 2.23. The average molecular weight is 407 g/mol. The summed E-state index contributed by atoms with van der Waals surface area (Å²) in [5.41, 5.74) is 1.96. The molecule has 4 rings (SSSR count). The van der Waals surface area contributed by atoms with Gasteiger partial charge in [-0.15, -0.1) is 0 Å². The number of piperazine rings is 1. The lowest BCUT2D eigenvalue weighted by atomic mass is 10.1. The SMILES string of the molecule is O=C(Cc1ccccc1Cl)N1CCN(Cc2cc(Cl)c3c(c2)OCO3)CC1. The van der Waals surface area contributed by atoms with Gasteiger partial charge in [-0.1, -0.05) is 41.4 Å². The van der Waals surface area contributed by atoms with Gasteiger partial charge in [-0.3, -0.25) is 9.69 Å². The second kappa shape index (κ2) is 7.97. The molecule has 0 bridgehead atoms. The van der Waals surface area contributed by atoms with Crippen molar-refractivity contribution >= 4 is 29.1 Å². The summed E-state index contributed by atoms with van der Waals surface area (Å²) in [5.74, 6) is 1.44. The molecule has 7 heteroatoms. The second-order valence-corrected chi connectivity index (χ2v) is 7.55. The number of hydrogen-bond donors (Lipinski definition) is 0. The van der Waals surface area contributed by atoms with E-state index in [0.717, 1.165) is 30.8 Å². The van der Waals surface area contributed by atoms with E-state index in [1.54, 1.807) is 0 Å². The fourth-order valence-corrected chi connectivity index (χ4v) is 3.93. The third-order valence-corrected chi connectivity index (χ3v) is 5.57. The number of nitrogens with zero attached hydrogens (tertiary/aromatic N) is 2. The minimum Gasteiger partial charge on any atom is -0.454 e. The van der Waals surface area contributed by atoms with Crippen molar-refractivity contribution in [3.05, 3.63) is 57.6 Å². The number of fused-ring (bicyclic) bond motifs is 1. The maximum atomic E-state index is 12.6. The van der Waals surface area contributed by atoms with Crippen LogP contribution in [0.5, 0.6) is 11.5 Å². The summed E-state index contributed by atoms with van der Waals surface area (Å²) in [6, 6.07) is 11.4. The molecular formula is C20H20Cl2N2O3. The third kappa shape index (κ3) is 4.15. The maximum Gasteiger partial charge on any atom is 0.231 e. The van der Waals surface area contributed by atoms with Crippen LogP contribution in [-0.4, -0.2) is 48.7 Å². The van der Waals surface area contributed by atoms with Gasteiger partial charge < -0.3 is 14.4 Å². The molecule has 0 spiro atoms. The number of amides is 1. The summed E-state index contributed by atoms with van der Waals surface area (Å²) < 4.78 is 10.8. The Hall–Kier alpha value is -1.95. The smallest absolute Gasteiger partial charge is 0.231 e. The molecule has 0 aliphatic carbocycles. The number of hydrogen-bond acceptors (Lipinski definition) is 4. The summed E-state index contributed by atoms with van der Waals surface area (Å²) >= 11 is 12.4. The molecule has 0 unspecified atom stereocenters. The van der Waals surface area contributed by atoms with E-state index < -0.39 is 0 Å². The molecule has 0 N–H and O–H groups in total. The molecule has 1 amide bonds. The first-order valence-corrected chi connectivity index (χ1v) is 9.67. The minimum atomic E-state index is 0.119. The first-order valence-electron chi connectivity index (χ1n) is 8.92. The van der Waals surface area contributed by atoms with Crippen LogP contribution in [0.2, 0.25) is 10.0 Å². The quantitative estimate of drug-likeness (QED) is 0.777. The fraction of sp³-hybridized carbons (Fsp3) is 0.350. The van der Waals surface area contributed by atoms with E-state index >= 15 is 0 Å². The summed E-state index contributed by atoms with van der Waals surface area (Å²) in [4.78, 5) is 16.8. The van der Waals surface area contributed by atoms with Gasteiger partial charge in [0.2, 0.25) is 12.7 Å². The van der Waals surface area contributed by atoms with Crippen LogP contribution in [0, 0.1) is 0 Å². The van der Waals surface area contributed by atoms with Crippen molar-refractivity contribution in [1.29, 1.82) is 0 Å². The number of ether oxygens (including phenoxy) is 2. The van der Waals surface area contributed by atoms with Crippen molar-refractivity contribution in [2.45, 2.75) is 13.0 Å². The average Bonchev–Trinajstić information content (AvgIpc) is 3.13. The van der Waals surface area contributed by atoms with E-state index in [2.05, 4.69) is 4.90 Å². The van der Waals surface area contributed by atoms with E-state index in [9.17, 15) is 4.79 Å². The molecular weight excluding hydrogens is 387 g/mol. The first-order chi connectivity index (χ1) is 13.1. The van der Waals surface area contributed by atoms with Gasteiger partial charge in [0, 0.05) is 37.7 Å². The van der Waals surface area contributed by atoms with Crippen LogP contribution in [0.15, 0.2) is 36.4 Å². The second-order valence-electron chi connectivity index (χ2n) is 6.74. The first kappa shape index (κ1) is 18.4. The van der Waals surface area contributed by atoms with E-state index in [1.165, 1.54) is 0 Å². The number of carbonyl (C=O) groups is 1. The summed E-state index contributed by atoms with van der Waals surface area (Å²) in [6.07, 6.45) is 0.345. The molecule has 1 saturated heterocycles. The van der Waals surface area contributed by atoms with Crippen LogP contribution < -0.4 is 9.47 Å². The van der Waals surface area contributed by atoms with Crippen LogP contribution in [-0.2, 0) is 17.8 Å². The molecule has 0 radical (unpaired) electrons. The van der Waals surface area contributed by atoms with E-state index in [0.29, 0.717) is 41.1 Å². The predicted octanol–water partition coefficient (Wildman–Crippen LogP) is 3.61. The topological polar surface area (TPSA) is 42.0 Å². The van der Waals surface area contributed by atoms with Crippen molar-refractivity contribution in [3.8, 4) is 11.5 Å². The Morgan fingerprint density at radius 2 is 1.78 bits per heavy atom. The molecule has 0 saturated carbocycles. The van der Waals surface area contributed by atoms with Gasteiger partial charge in [-0.05, 0) is 29.3 Å².